The molecule has 0 aliphatic carbocycles. The topological polar surface area (TPSA) is 9.23 Å². The predicted molar refractivity (Wildman–Crippen MR) is 105 cm³/mol. The van der Waals surface area contributed by atoms with E-state index in [1.54, 1.807) is 29.8 Å². The summed E-state index contributed by atoms with van der Waals surface area (Å²) in [6.45, 7) is 0.00164. The minimum absolute atomic E-state index is 0.00164. The van der Waals surface area contributed by atoms with Gasteiger partial charge in [0.25, 0.3) is 0 Å². The Morgan fingerprint density at radius 1 is 1.22 bits per heavy atom. The van der Waals surface area contributed by atoms with Gasteiger partial charge < -0.3 is 4.74 Å². The maximum atomic E-state index is 5.13. The van der Waals surface area contributed by atoms with E-state index in [0.29, 0.717) is 0 Å². The van der Waals surface area contributed by atoms with Gasteiger partial charge in [0, 0.05) is 6.81 Å². The summed E-state index contributed by atoms with van der Waals surface area (Å²) in [6.07, 6.45) is 3.08. The molecule has 2 aliphatic rings. The zero-order chi connectivity index (χ0) is 12.8. The second kappa shape index (κ2) is 9.22. The molecule has 2 saturated heterocycles. The van der Waals surface area contributed by atoms with Gasteiger partial charge in [-0.2, -0.15) is 0 Å². The molecule has 0 saturated carbocycles. The monoisotopic (exact) mass is 390 g/mol. The van der Waals surface area contributed by atoms with Gasteiger partial charge in [0.1, 0.15) is 5.75 Å². The van der Waals surface area contributed by atoms with Crippen molar-refractivity contribution < 1.29 is 4.74 Å². The third-order valence-electron chi connectivity index (χ3n) is 2.18. The second-order valence-electron chi connectivity index (χ2n) is 3.29. The van der Waals surface area contributed by atoms with Crippen LogP contribution in [0.25, 0.3) is 0 Å². The lowest BCUT2D eigenvalue weighted by molar-refractivity contribution is 0.415. The fourth-order valence-corrected chi connectivity index (χ4v) is 27.1. The highest BCUT2D eigenvalue weighted by Crippen LogP contribution is 3.02. The third-order valence-corrected chi connectivity index (χ3v) is 32.7. The largest absolute Gasteiger partial charge is 0.497 e. The first-order chi connectivity index (χ1) is 8.85. The lowest BCUT2D eigenvalue weighted by Gasteiger charge is -2.32. The van der Waals surface area contributed by atoms with Crippen LogP contribution in [0.4, 0.5) is 0 Å². The summed E-state index contributed by atoms with van der Waals surface area (Å²) in [7, 11) is 10.1. The molecule has 2 aliphatic heterocycles. The van der Waals surface area contributed by atoms with Crippen LogP contribution >= 0.6 is 72.3 Å². The van der Waals surface area contributed by atoms with Gasteiger partial charge in [0.2, 0.25) is 0 Å². The molecule has 3 rings (SSSR count). The fraction of sp³-hybridized carbons (Fsp3) is 0.333. The van der Waals surface area contributed by atoms with Gasteiger partial charge in [0.05, 0.1) is 13.1 Å². The Labute approximate surface area is 131 Å². The Balaban J connectivity index is 0.000000256. The number of hydrogen-bond acceptors (Lipinski definition) is 5. The van der Waals surface area contributed by atoms with Crippen LogP contribution in [0, 0.1) is 0 Å². The molecule has 1 aromatic rings. The van der Waals surface area contributed by atoms with E-state index in [0.717, 1.165) is 5.75 Å². The van der Waals surface area contributed by atoms with E-state index < -0.39 is 0 Å². The SMILES string of the molecule is C1CPP1.COc1ccc(P2SSP2SS)cc1. The van der Waals surface area contributed by atoms with Gasteiger partial charge >= 0.3 is 0 Å². The lowest BCUT2D eigenvalue weighted by atomic mass is 10.3. The molecule has 0 aromatic heterocycles. The van der Waals surface area contributed by atoms with E-state index in [1.807, 2.05) is 33.0 Å². The lowest BCUT2D eigenvalue weighted by Crippen LogP contribution is -1.97. The molecule has 18 heavy (non-hydrogen) atoms. The van der Waals surface area contributed by atoms with Crippen molar-refractivity contribution >= 4 is 77.6 Å². The molecule has 2 fully saturated rings. The summed E-state index contributed by atoms with van der Waals surface area (Å²) in [5.74, 6) is 0.935. The van der Waals surface area contributed by atoms with Gasteiger partial charge in [-0.3, -0.25) is 0 Å². The van der Waals surface area contributed by atoms with Gasteiger partial charge in [-0.05, 0) is 62.7 Å². The van der Waals surface area contributed by atoms with E-state index >= 15 is 0 Å². The quantitative estimate of drug-likeness (QED) is 0.374. The van der Waals surface area contributed by atoms with E-state index in [-0.39, 0.29) is 12.8 Å². The van der Waals surface area contributed by atoms with Crippen LogP contribution in [-0.2, 0) is 0 Å². The van der Waals surface area contributed by atoms with Crippen molar-refractivity contribution in [1.82, 2.24) is 0 Å². The van der Waals surface area contributed by atoms with E-state index in [2.05, 4.69) is 23.8 Å². The van der Waals surface area contributed by atoms with Crippen molar-refractivity contribution in [1.29, 1.82) is 0 Å². The standard InChI is InChI=1S/C7H8OP2S4.C2H6P2/c1-8-6-2-4-7(5-3-6)9-10(12-11)14-13-9;1-2-4-3-1/h2-5,11H,1H3;3-4H,1-2H2. The maximum Gasteiger partial charge on any atom is 0.118 e. The van der Waals surface area contributed by atoms with Crippen LogP contribution in [0.2, 0.25) is 0 Å². The Kier molecular flexibility index (Phi) is 8.45. The van der Waals surface area contributed by atoms with Crippen LogP contribution in [0.3, 0.4) is 0 Å². The maximum absolute atomic E-state index is 5.13. The summed E-state index contributed by atoms with van der Waals surface area (Å²) < 4.78 is 5.13. The highest BCUT2D eigenvalue weighted by atomic mass is 33.8. The Bertz CT molecular complexity index is 356. The third kappa shape index (κ3) is 4.85. The summed E-state index contributed by atoms with van der Waals surface area (Å²) in [6, 6.07) is 8.47. The zero-order valence-corrected chi connectivity index (χ0v) is 16.8. The molecular weight excluding hydrogens is 376 g/mol. The summed E-state index contributed by atoms with van der Waals surface area (Å²) in [4.78, 5) is 0. The fourth-order valence-electron chi connectivity index (χ4n) is 1.11. The van der Waals surface area contributed by atoms with E-state index in [9.17, 15) is 0 Å². The minimum atomic E-state index is 0.00164. The molecule has 0 radical (unpaired) electrons. The van der Waals surface area contributed by atoms with Gasteiger partial charge in [0.15, 0.2) is 0 Å². The van der Waals surface area contributed by atoms with Crippen molar-refractivity contribution in [2.75, 3.05) is 19.4 Å². The molecule has 100 valence electrons. The first-order valence-electron chi connectivity index (χ1n) is 5.21. The van der Waals surface area contributed by atoms with Gasteiger partial charge in [-0.25, -0.2) is 0 Å². The Morgan fingerprint density at radius 2 is 1.83 bits per heavy atom. The molecule has 1 nitrogen and oxygen atoms in total. The molecular formula is C9H14OP4S4. The molecule has 0 amide bonds. The summed E-state index contributed by atoms with van der Waals surface area (Å²) in [5, 5.41) is 1.46. The van der Waals surface area contributed by atoms with Crippen molar-refractivity contribution in [3.63, 3.8) is 0 Å². The molecule has 0 N–H and O–H groups in total. The highest BCUT2D eigenvalue weighted by Gasteiger charge is 2.34. The number of ether oxygens (including phenoxy) is 1. The first kappa shape index (κ1) is 16.5. The first-order valence-corrected chi connectivity index (χ1v) is 17.8. The molecule has 4 atom stereocenters. The number of hydrogen-bond donors (Lipinski definition) is 1. The molecule has 2 heterocycles. The van der Waals surface area contributed by atoms with Crippen molar-refractivity contribution in [3.8, 4) is 5.75 Å². The number of benzene rings is 1. The predicted octanol–water partition coefficient (Wildman–Crippen LogP) is 6.19. The number of methoxy groups -OCH3 is 1. The van der Waals surface area contributed by atoms with Crippen molar-refractivity contribution in [2.24, 2.45) is 0 Å². The average molecular weight is 390 g/mol. The van der Waals surface area contributed by atoms with Crippen LogP contribution in [0.5, 0.6) is 5.75 Å². The number of thiol groups is 1. The minimum Gasteiger partial charge on any atom is -0.497 e. The van der Waals surface area contributed by atoms with E-state index in [1.165, 1.54) is 21.8 Å². The Morgan fingerprint density at radius 3 is 2.17 bits per heavy atom. The summed E-state index contributed by atoms with van der Waals surface area (Å²) >= 11 is 4.30. The molecule has 1 aromatic carbocycles. The van der Waals surface area contributed by atoms with Crippen molar-refractivity contribution in [2.45, 2.75) is 0 Å². The van der Waals surface area contributed by atoms with Gasteiger partial charge in [-0.15, -0.1) is 11.7 Å². The smallest absolute Gasteiger partial charge is 0.118 e. The van der Waals surface area contributed by atoms with Crippen LogP contribution in [-0.4, -0.2) is 19.4 Å². The average Bonchev–Trinajstić information content (AvgIpc) is 2.27. The molecule has 0 spiro atoms. The van der Waals surface area contributed by atoms with E-state index in [4.69, 9.17) is 4.74 Å². The second-order valence-corrected chi connectivity index (χ2v) is 23.5. The molecule has 0 bridgehead atoms. The highest BCUT2D eigenvalue weighted by molar-refractivity contribution is 9.50. The van der Waals surface area contributed by atoms with Crippen LogP contribution < -0.4 is 10.0 Å². The van der Waals surface area contributed by atoms with Crippen LogP contribution in [0.15, 0.2) is 24.3 Å². The molecule has 4 unspecified atom stereocenters. The molecule has 9 heteroatoms. The zero-order valence-electron chi connectivity index (χ0n) is 9.70. The summed E-state index contributed by atoms with van der Waals surface area (Å²) in [5.41, 5.74) is 0. The van der Waals surface area contributed by atoms with Crippen molar-refractivity contribution in [3.05, 3.63) is 24.3 Å². The number of rotatable bonds is 3. The van der Waals surface area contributed by atoms with Gasteiger partial charge in [-0.1, -0.05) is 27.0 Å². The Hall–Kier alpha value is 2.14. The normalized spacial score (nSPS) is 27.9. The van der Waals surface area contributed by atoms with Crippen LogP contribution in [0.1, 0.15) is 0 Å².